The van der Waals surface area contributed by atoms with Crippen LogP contribution in [0.2, 0.25) is 0 Å². The molecular formula is C36H66FN5O. The van der Waals surface area contributed by atoms with Gasteiger partial charge in [-0.15, -0.1) is 0 Å². The van der Waals surface area contributed by atoms with Crippen LogP contribution < -0.4 is 16.8 Å². The lowest BCUT2D eigenvalue weighted by molar-refractivity contribution is -0.130. The van der Waals surface area contributed by atoms with Crippen molar-refractivity contribution in [3.05, 3.63) is 0 Å². The number of piperidine rings is 1. The number of hydrogen-bond acceptors (Lipinski definition) is 5. The Balaban J connectivity index is 1.60. The van der Waals surface area contributed by atoms with Gasteiger partial charge in [-0.2, -0.15) is 0 Å². The lowest BCUT2D eigenvalue weighted by atomic mass is 9.58. The third kappa shape index (κ3) is 8.61. The van der Waals surface area contributed by atoms with Crippen LogP contribution in [-0.2, 0) is 4.79 Å². The number of amides is 1. The molecule has 6 nitrogen and oxygen atoms in total. The Morgan fingerprint density at radius 1 is 1.02 bits per heavy atom. The van der Waals surface area contributed by atoms with E-state index < -0.39 is 24.3 Å². The normalized spacial score (nSPS) is 36.7. The fourth-order valence-electron chi connectivity index (χ4n) is 10.0. The summed E-state index contributed by atoms with van der Waals surface area (Å²) in [5, 5.41) is 3.61. The summed E-state index contributed by atoms with van der Waals surface area (Å²) in [5.41, 5.74) is 12.9. The summed E-state index contributed by atoms with van der Waals surface area (Å²) >= 11 is 0. The maximum Gasteiger partial charge on any atom is 0.228 e. The molecule has 9 atom stereocenters. The number of nitrogens with one attached hydrogen (secondary N) is 1. The highest BCUT2D eigenvalue weighted by atomic mass is 19.1. The molecule has 43 heavy (non-hydrogen) atoms. The van der Waals surface area contributed by atoms with E-state index in [1.165, 1.54) is 64.0 Å². The van der Waals surface area contributed by atoms with Gasteiger partial charge in [0.25, 0.3) is 0 Å². The summed E-state index contributed by atoms with van der Waals surface area (Å²) in [4.78, 5) is 21.8. The number of alkyl halides is 1. The Bertz CT molecular complexity index is 878. The molecule has 0 spiro atoms. The first-order chi connectivity index (χ1) is 20.8. The van der Waals surface area contributed by atoms with E-state index in [1.807, 2.05) is 0 Å². The van der Waals surface area contributed by atoms with Crippen LogP contribution in [0.4, 0.5) is 4.39 Å². The molecule has 9 unspecified atom stereocenters. The van der Waals surface area contributed by atoms with Gasteiger partial charge in [0.05, 0.1) is 18.1 Å². The van der Waals surface area contributed by atoms with Gasteiger partial charge in [0, 0.05) is 25.3 Å². The summed E-state index contributed by atoms with van der Waals surface area (Å²) in [6, 6.07) is -0.300. The fraction of sp³-hybridized carbons (Fsp3) is 0.944. The second-order valence-corrected chi connectivity index (χ2v) is 15.1. The summed E-state index contributed by atoms with van der Waals surface area (Å²) in [6.07, 6.45) is 17.5. The van der Waals surface area contributed by atoms with Gasteiger partial charge >= 0.3 is 0 Å². The molecule has 0 aromatic heterocycles. The quantitative estimate of drug-likeness (QED) is 0.201. The smallest absolute Gasteiger partial charge is 0.228 e. The molecule has 248 valence electrons. The van der Waals surface area contributed by atoms with Crippen molar-refractivity contribution in [1.29, 1.82) is 0 Å². The largest absolute Gasteiger partial charge is 0.351 e. The molecule has 2 heterocycles. The zero-order valence-corrected chi connectivity index (χ0v) is 28.1. The number of likely N-dealkylation sites (tertiary alicyclic amines) is 1. The van der Waals surface area contributed by atoms with E-state index in [1.54, 1.807) is 0 Å². The maximum absolute atomic E-state index is 14.9. The Kier molecular flexibility index (Phi) is 13.4. The molecule has 3 fully saturated rings. The number of carbonyl (C=O) groups excluding carboxylic acids is 1. The van der Waals surface area contributed by atoms with Crippen molar-refractivity contribution >= 4 is 12.1 Å². The highest BCUT2D eigenvalue weighted by Crippen LogP contribution is 2.51. The number of rotatable bonds is 13. The number of hydrogen-bond donors (Lipinski definition) is 3. The second-order valence-electron chi connectivity index (χ2n) is 15.1. The van der Waals surface area contributed by atoms with Gasteiger partial charge in [0.2, 0.25) is 5.91 Å². The van der Waals surface area contributed by atoms with Gasteiger partial charge in [-0.1, -0.05) is 85.5 Å². The molecule has 2 saturated carbocycles. The summed E-state index contributed by atoms with van der Waals surface area (Å²) in [7, 11) is 0. The molecule has 5 N–H and O–H groups in total. The maximum atomic E-state index is 14.9. The fourth-order valence-corrected chi connectivity index (χ4v) is 10.0. The predicted molar refractivity (Wildman–Crippen MR) is 178 cm³/mol. The van der Waals surface area contributed by atoms with Crippen LogP contribution in [0.25, 0.3) is 0 Å². The number of halogens is 1. The van der Waals surface area contributed by atoms with Gasteiger partial charge < -0.3 is 21.7 Å². The van der Waals surface area contributed by atoms with Crippen molar-refractivity contribution in [2.45, 2.75) is 155 Å². The SMILES string of the molecule is CCCCN1CC2CCC(C3CCCC3)C(CC)C2C(NC(=O)C(C(N)N)C2CC(CC)(CCCC)CCC(F)C=N2)C1. The monoisotopic (exact) mass is 604 g/mol. The first kappa shape index (κ1) is 34.8. The highest BCUT2D eigenvalue weighted by molar-refractivity contribution is 5.81. The minimum Gasteiger partial charge on any atom is -0.351 e. The number of unbranched alkanes of at least 4 members (excludes halogenated alkanes) is 2. The molecule has 0 aromatic rings. The minimum absolute atomic E-state index is 0.0335. The number of aliphatic imine (C=N–C) groups is 1. The first-order valence-electron chi connectivity index (χ1n) is 18.5. The van der Waals surface area contributed by atoms with Crippen molar-refractivity contribution in [2.24, 2.45) is 57.4 Å². The Hall–Kier alpha value is -1.05. The van der Waals surface area contributed by atoms with Gasteiger partial charge in [-0.05, 0) is 86.5 Å². The molecule has 2 aliphatic heterocycles. The minimum atomic E-state index is -1.08. The Morgan fingerprint density at radius 2 is 1.77 bits per heavy atom. The van der Waals surface area contributed by atoms with E-state index in [4.69, 9.17) is 16.5 Å². The average molecular weight is 604 g/mol. The number of nitrogens with zero attached hydrogens (tertiary/aromatic N) is 2. The van der Waals surface area contributed by atoms with E-state index >= 15 is 0 Å². The van der Waals surface area contributed by atoms with Gasteiger partial charge in [0.1, 0.15) is 6.17 Å². The van der Waals surface area contributed by atoms with E-state index in [-0.39, 0.29) is 17.4 Å². The third-order valence-corrected chi connectivity index (χ3v) is 12.5. The first-order valence-corrected chi connectivity index (χ1v) is 18.5. The molecule has 2 aliphatic carbocycles. The molecule has 0 radical (unpaired) electrons. The van der Waals surface area contributed by atoms with Crippen molar-refractivity contribution in [2.75, 3.05) is 19.6 Å². The number of nitrogens with two attached hydrogens (primary N) is 2. The molecule has 0 aromatic carbocycles. The van der Waals surface area contributed by atoms with Gasteiger partial charge in [-0.25, -0.2) is 4.39 Å². The summed E-state index contributed by atoms with van der Waals surface area (Å²) in [6.45, 7) is 12.2. The third-order valence-electron chi connectivity index (χ3n) is 12.5. The van der Waals surface area contributed by atoms with Crippen LogP contribution in [-0.4, -0.2) is 61.1 Å². The van der Waals surface area contributed by atoms with E-state index in [0.717, 1.165) is 70.0 Å². The van der Waals surface area contributed by atoms with Crippen LogP contribution in [0.5, 0.6) is 0 Å². The molecule has 0 bridgehead atoms. The predicted octanol–water partition coefficient (Wildman–Crippen LogP) is 6.85. The van der Waals surface area contributed by atoms with Crippen LogP contribution in [0.1, 0.15) is 130 Å². The zero-order valence-electron chi connectivity index (χ0n) is 28.1. The molecule has 1 amide bonds. The summed E-state index contributed by atoms with van der Waals surface area (Å²) in [5.74, 6) is 2.68. The van der Waals surface area contributed by atoms with Crippen molar-refractivity contribution < 1.29 is 9.18 Å². The van der Waals surface area contributed by atoms with Crippen LogP contribution in [0, 0.1) is 40.9 Å². The van der Waals surface area contributed by atoms with Crippen molar-refractivity contribution in [3.8, 4) is 0 Å². The Morgan fingerprint density at radius 3 is 2.42 bits per heavy atom. The average Bonchev–Trinajstić information content (AvgIpc) is 3.53. The van der Waals surface area contributed by atoms with Crippen LogP contribution in [0.3, 0.4) is 0 Å². The van der Waals surface area contributed by atoms with E-state index in [0.29, 0.717) is 24.2 Å². The standard InChI is InChI=1S/C36H66FN5O/c1-5-9-18-36(8-4)19-17-27(37)22-40-30(21-36)33(34(38)39)35(43)41-31-24-42(20-10-6-2)23-26-15-16-29(25-13-11-12-14-25)28(7-3)32(26)31/h22,25-34H,5-21,23-24,38-39H2,1-4H3,(H,41,43). The second kappa shape index (κ2) is 16.5. The number of fused-ring (bicyclic) bond motifs is 1. The van der Waals surface area contributed by atoms with E-state index in [9.17, 15) is 9.18 Å². The zero-order chi connectivity index (χ0) is 31.0. The van der Waals surface area contributed by atoms with Crippen LogP contribution in [0.15, 0.2) is 4.99 Å². The van der Waals surface area contributed by atoms with Crippen LogP contribution >= 0.6 is 0 Å². The van der Waals surface area contributed by atoms with Crippen molar-refractivity contribution in [3.63, 3.8) is 0 Å². The highest BCUT2D eigenvalue weighted by Gasteiger charge is 2.49. The molecule has 1 saturated heterocycles. The van der Waals surface area contributed by atoms with E-state index in [2.05, 4.69) is 37.9 Å². The topological polar surface area (TPSA) is 96.7 Å². The molecule has 7 heteroatoms. The lowest BCUT2D eigenvalue weighted by Crippen LogP contribution is -2.63. The summed E-state index contributed by atoms with van der Waals surface area (Å²) < 4.78 is 14.9. The molecule has 4 rings (SSSR count). The van der Waals surface area contributed by atoms with Gasteiger partial charge in [0.15, 0.2) is 0 Å². The lowest BCUT2D eigenvalue weighted by Gasteiger charge is -2.53. The number of carbonyl (C=O) groups is 1. The molecular weight excluding hydrogens is 537 g/mol. The Labute approximate surface area is 263 Å². The molecule has 4 aliphatic rings. The van der Waals surface area contributed by atoms with Gasteiger partial charge in [-0.3, -0.25) is 9.79 Å². The van der Waals surface area contributed by atoms with Crippen molar-refractivity contribution in [1.82, 2.24) is 10.2 Å².